The van der Waals surface area contributed by atoms with Gasteiger partial charge < -0.3 is 24.8 Å². The maximum absolute atomic E-state index is 12.2. The van der Waals surface area contributed by atoms with Crippen molar-refractivity contribution >= 4 is 43.9 Å². The molecule has 0 spiro atoms. The van der Waals surface area contributed by atoms with Gasteiger partial charge in [0, 0.05) is 11.3 Å². The quantitative estimate of drug-likeness (QED) is 0.670. The summed E-state index contributed by atoms with van der Waals surface area (Å²) in [5.74, 6) is 0.433. The Balaban J connectivity index is 2.70. The van der Waals surface area contributed by atoms with E-state index in [1.165, 1.54) is 21.3 Å². The highest BCUT2D eigenvalue weighted by Gasteiger charge is 2.35. The Labute approximate surface area is 156 Å². The molecule has 2 rings (SSSR count). The van der Waals surface area contributed by atoms with E-state index in [1.807, 2.05) is 0 Å². The molecule has 1 aliphatic rings. The molecule has 9 heteroatoms. The molecule has 2 amide bonds. The third kappa shape index (κ3) is 3.23. The number of urea groups is 1. The maximum atomic E-state index is 12.2. The molecule has 7 nitrogen and oxygen atoms in total. The van der Waals surface area contributed by atoms with Crippen molar-refractivity contribution in [2.45, 2.75) is 13.0 Å². The second kappa shape index (κ2) is 7.43. The summed E-state index contributed by atoms with van der Waals surface area (Å²) in [6.07, 6.45) is 0. The molecule has 0 radical (unpaired) electrons. The Hall–Kier alpha value is -1.74. The Morgan fingerprint density at radius 3 is 2.33 bits per heavy atom. The smallest absolute Gasteiger partial charge is 0.337 e. The monoisotopic (exact) mass is 462 g/mol. The van der Waals surface area contributed by atoms with Crippen LogP contribution in [0.25, 0.3) is 0 Å². The van der Waals surface area contributed by atoms with Gasteiger partial charge in [-0.1, -0.05) is 0 Å². The third-order valence-electron chi connectivity index (χ3n) is 3.55. The van der Waals surface area contributed by atoms with Gasteiger partial charge in [0.15, 0.2) is 5.75 Å². The summed E-state index contributed by atoms with van der Waals surface area (Å²) in [5, 5.41) is 5.30. The number of methoxy groups -OCH3 is 3. The van der Waals surface area contributed by atoms with Crippen LogP contribution in [-0.2, 0) is 9.53 Å². The molecule has 1 heterocycles. The van der Waals surface area contributed by atoms with Crippen LogP contribution in [0.2, 0.25) is 0 Å². The molecule has 1 aliphatic heterocycles. The van der Waals surface area contributed by atoms with Gasteiger partial charge in [-0.15, -0.1) is 0 Å². The first-order valence-electron chi connectivity index (χ1n) is 6.82. The molecule has 2 N–H and O–H groups in total. The van der Waals surface area contributed by atoms with E-state index in [1.54, 1.807) is 13.0 Å². The number of hydrogen-bond donors (Lipinski definition) is 2. The van der Waals surface area contributed by atoms with Crippen LogP contribution in [0.5, 0.6) is 11.5 Å². The van der Waals surface area contributed by atoms with Gasteiger partial charge in [-0.3, -0.25) is 0 Å². The van der Waals surface area contributed by atoms with Crippen molar-refractivity contribution in [1.82, 2.24) is 10.6 Å². The second-order valence-corrected chi connectivity index (χ2v) is 6.54. The molecule has 0 fully saturated rings. The topological polar surface area (TPSA) is 85.9 Å². The van der Waals surface area contributed by atoms with E-state index in [4.69, 9.17) is 14.2 Å². The van der Waals surface area contributed by atoms with E-state index in [2.05, 4.69) is 42.5 Å². The summed E-state index contributed by atoms with van der Waals surface area (Å²) in [5.41, 5.74) is 1.28. The molecule has 0 saturated heterocycles. The summed E-state index contributed by atoms with van der Waals surface area (Å²) >= 11 is 6.85. The van der Waals surface area contributed by atoms with Crippen molar-refractivity contribution in [1.29, 1.82) is 0 Å². The van der Waals surface area contributed by atoms with Crippen LogP contribution < -0.4 is 20.1 Å². The first kappa shape index (κ1) is 18.6. The Kier molecular flexibility index (Phi) is 5.76. The SMILES string of the molecule is COC(=O)C1=C(C)NC(=O)NC1c1cc(Br)c(OC)c(Br)c1OC. The molecule has 0 bridgehead atoms. The largest absolute Gasteiger partial charge is 0.495 e. The van der Waals surface area contributed by atoms with Gasteiger partial charge in [-0.25, -0.2) is 9.59 Å². The molecule has 0 aliphatic carbocycles. The van der Waals surface area contributed by atoms with Gasteiger partial charge in [0.25, 0.3) is 0 Å². The average Bonchev–Trinajstić information content (AvgIpc) is 2.53. The van der Waals surface area contributed by atoms with Crippen molar-refractivity contribution in [3.05, 3.63) is 31.8 Å². The van der Waals surface area contributed by atoms with Crippen LogP contribution in [0.4, 0.5) is 4.79 Å². The van der Waals surface area contributed by atoms with E-state index < -0.39 is 18.0 Å². The van der Waals surface area contributed by atoms with Crippen LogP contribution in [0.1, 0.15) is 18.5 Å². The lowest BCUT2D eigenvalue weighted by atomic mass is 9.94. The minimum absolute atomic E-state index is 0.291. The summed E-state index contributed by atoms with van der Waals surface area (Å²) in [6, 6.07) is 0.574. The van der Waals surface area contributed by atoms with Crippen molar-refractivity contribution in [3.63, 3.8) is 0 Å². The Morgan fingerprint density at radius 1 is 1.17 bits per heavy atom. The summed E-state index contributed by atoms with van der Waals surface area (Å²) in [4.78, 5) is 24.1. The number of carbonyl (C=O) groups is 2. The number of rotatable bonds is 4. The van der Waals surface area contributed by atoms with E-state index in [-0.39, 0.29) is 0 Å². The van der Waals surface area contributed by atoms with E-state index in [0.29, 0.717) is 37.3 Å². The fourth-order valence-corrected chi connectivity index (χ4v) is 4.16. The molecule has 0 aromatic heterocycles. The summed E-state index contributed by atoms with van der Waals surface area (Å²) in [6.45, 7) is 1.64. The average molecular weight is 464 g/mol. The molecule has 1 unspecified atom stereocenters. The minimum Gasteiger partial charge on any atom is -0.495 e. The van der Waals surface area contributed by atoms with Crippen molar-refractivity contribution < 1.29 is 23.8 Å². The predicted molar refractivity (Wildman–Crippen MR) is 94.1 cm³/mol. The fraction of sp³-hybridized carbons (Fsp3) is 0.333. The molecule has 0 saturated carbocycles. The van der Waals surface area contributed by atoms with Crippen molar-refractivity contribution in [3.8, 4) is 11.5 Å². The summed E-state index contributed by atoms with van der Waals surface area (Å²) in [7, 11) is 4.31. The van der Waals surface area contributed by atoms with Gasteiger partial charge in [-0.2, -0.15) is 0 Å². The number of benzene rings is 1. The third-order valence-corrected chi connectivity index (χ3v) is 4.86. The van der Waals surface area contributed by atoms with Crippen LogP contribution >= 0.6 is 31.9 Å². The number of carbonyl (C=O) groups excluding carboxylic acids is 2. The van der Waals surface area contributed by atoms with Gasteiger partial charge >= 0.3 is 12.0 Å². The minimum atomic E-state index is -0.736. The Morgan fingerprint density at radius 2 is 1.79 bits per heavy atom. The highest BCUT2D eigenvalue weighted by atomic mass is 79.9. The number of hydrogen-bond acceptors (Lipinski definition) is 5. The van der Waals surface area contributed by atoms with Gasteiger partial charge in [0.2, 0.25) is 0 Å². The van der Waals surface area contributed by atoms with Gasteiger partial charge in [-0.05, 0) is 44.8 Å². The number of ether oxygens (including phenoxy) is 3. The zero-order valence-corrected chi connectivity index (χ0v) is 16.6. The zero-order chi connectivity index (χ0) is 18.0. The first-order chi connectivity index (χ1) is 11.3. The van der Waals surface area contributed by atoms with Crippen LogP contribution in [0.15, 0.2) is 26.3 Å². The highest BCUT2D eigenvalue weighted by Crippen LogP contribution is 2.46. The molecule has 1 atom stereocenters. The normalized spacial score (nSPS) is 17.1. The molecular weight excluding hydrogens is 448 g/mol. The van der Waals surface area contributed by atoms with Crippen LogP contribution in [0, 0.1) is 0 Å². The van der Waals surface area contributed by atoms with E-state index in [0.717, 1.165) is 0 Å². The zero-order valence-electron chi connectivity index (χ0n) is 13.5. The van der Waals surface area contributed by atoms with Crippen LogP contribution in [0.3, 0.4) is 0 Å². The predicted octanol–water partition coefficient (Wildman–Crippen LogP) is 3.03. The fourth-order valence-electron chi connectivity index (χ4n) is 2.52. The van der Waals surface area contributed by atoms with Crippen LogP contribution in [-0.4, -0.2) is 33.3 Å². The number of esters is 1. The molecule has 1 aromatic carbocycles. The molecule has 130 valence electrons. The van der Waals surface area contributed by atoms with Gasteiger partial charge in [0.1, 0.15) is 10.2 Å². The van der Waals surface area contributed by atoms with E-state index >= 15 is 0 Å². The number of amides is 2. The Bertz CT molecular complexity index is 733. The molecule has 1 aromatic rings. The lowest BCUT2D eigenvalue weighted by Crippen LogP contribution is -2.45. The number of nitrogens with one attached hydrogen (secondary N) is 2. The molecular formula is C15H16Br2N2O5. The summed E-state index contributed by atoms with van der Waals surface area (Å²) < 4.78 is 16.8. The number of halogens is 2. The second-order valence-electron chi connectivity index (χ2n) is 4.89. The molecule has 24 heavy (non-hydrogen) atoms. The van der Waals surface area contributed by atoms with Crippen molar-refractivity contribution in [2.75, 3.05) is 21.3 Å². The van der Waals surface area contributed by atoms with Gasteiger partial charge in [0.05, 0.1) is 37.4 Å². The van der Waals surface area contributed by atoms with Crippen molar-refractivity contribution in [2.24, 2.45) is 0 Å². The first-order valence-corrected chi connectivity index (χ1v) is 8.40. The van der Waals surface area contributed by atoms with E-state index in [9.17, 15) is 9.59 Å². The highest BCUT2D eigenvalue weighted by molar-refractivity contribution is 9.11. The maximum Gasteiger partial charge on any atom is 0.337 e. The standard InChI is InChI=1S/C15H16Br2N2O5/c1-6-9(14(20)24-4)11(19-15(21)18-6)7-5-8(16)13(23-3)10(17)12(7)22-2/h5,11H,1-4H3,(H2,18,19,21). The number of allylic oxidation sites excluding steroid dienone is 1. The lowest BCUT2D eigenvalue weighted by molar-refractivity contribution is -0.136. The lowest BCUT2D eigenvalue weighted by Gasteiger charge is -2.29.